The molecule has 1 aliphatic rings. The van der Waals surface area contributed by atoms with Gasteiger partial charge in [-0.15, -0.1) is 0 Å². The van der Waals surface area contributed by atoms with E-state index < -0.39 is 0 Å². The third kappa shape index (κ3) is 4.37. The fourth-order valence-electron chi connectivity index (χ4n) is 2.92. The van der Waals surface area contributed by atoms with Gasteiger partial charge in [-0.1, -0.05) is 41.7 Å². The first-order chi connectivity index (χ1) is 12.1. The van der Waals surface area contributed by atoms with Gasteiger partial charge < -0.3 is 4.90 Å². The second kappa shape index (κ2) is 7.82. The van der Waals surface area contributed by atoms with E-state index in [0.29, 0.717) is 5.69 Å². The number of para-hydroxylation sites is 2. The third-order valence-electron chi connectivity index (χ3n) is 4.38. The summed E-state index contributed by atoms with van der Waals surface area (Å²) in [7, 11) is 0. The number of hydrogen-bond acceptors (Lipinski definition) is 4. The lowest BCUT2D eigenvalue weighted by Gasteiger charge is -2.34. The van der Waals surface area contributed by atoms with Gasteiger partial charge in [-0.2, -0.15) is 0 Å². The molecule has 0 unspecified atom stereocenters. The van der Waals surface area contributed by atoms with Crippen LogP contribution in [0.2, 0.25) is 0 Å². The van der Waals surface area contributed by atoms with Gasteiger partial charge >= 0.3 is 0 Å². The van der Waals surface area contributed by atoms with Crippen LogP contribution in [0.15, 0.2) is 48.5 Å². The van der Waals surface area contributed by atoms with Gasteiger partial charge in [0.15, 0.2) is 0 Å². The fourth-order valence-corrected chi connectivity index (χ4v) is 2.92. The molecule has 0 aliphatic carbocycles. The number of anilines is 1. The molecule has 0 saturated carbocycles. The Morgan fingerprint density at radius 1 is 1.04 bits per heavy atom. The Balaban J connectivity index is 1.56. The van der Waals surface area contributed by atoms with Crippen LogP contribution in [0.25, 0.3) is 0 Å². The normalized spacial score (nSPS) is 14.7. The van der Waals surface area contributed by atoms with E-state index in [2.05, 4.69) is 40.7 Å². The molecule has 0 aromatic heterocycles. The van der Waals surface area contributed by atoms with E-state index >= 15 is 0 Å². The summed E-state index contributed by atoms with van der Waals surface area (Å²) >= 11 is 0. The summed E-state index contributed by atoms with van der Waals surface area (Å²) in [5, 5.41) is 11.2. The highest BCUT2D eigenvalue weighted by molar-refractivity contribution is 5.63. The molecule has 3 rings (SSSR count). The molecule has 0 bridgehead atoms. The van der Waals surface area contributed by atoms with Crippen molar-refractivity contribution in [2.45, 2.75) is 6.92 Å². The molecule has 5 heteroatoms. The summed E-state index contributed by atoms with van der Waals surface area (Å²) in [6, 6.07) is 15.1. The highest BCUT2D eigenvalue weighted by Crippen LogP contribution is 2.28. The quantitative estimate of drug-likeness (QED) is 0.491. The zero-order valence-corrected chi connectivity index (χ0v) is 14.3. The molecule has 25 heavy (non-hydrogen) atoms. The minimum Gasteiger partial charge on any atom is -0.363 e. The van der Waals surface area contributed by atoms with Gasteiger partial charge in [0, 0.05) is 37.8 Å². The number of nitro groups is 1. The summed E-state index contributed by atoms with van der Waals surface area (Å²) < 4.78 is 0. The van der Waals surface area contributed by atoms with Crippen molar-refractivity contribution in [2.75, 3.05) is 37.6 Å². The molecular weight excluding hydrogens is 314 g/mol. The number of piperazine rings is 1. The standard InChI is InChI=1S/C20H21N3O2/c1-17-8-10-18(11-9-17)5-4-12-21-13-15-22(16-14-21)19-6-2-3-7-20(19)23(24)25/h2-3,6-11H,12-16H2,1H3. The smallest absolute Gasteiger partial charge is 0.292 e. The highest BCUT2D eigenvalue weighted by atomic mass is 16.6. The summed E-state index contributed by atoms with van der Waals surface area (Å²) in [4.78, 5) is 15.2. The van der Waals surface area contributed by atoms with Crippen LogP contribution in [0.4, 0.5) is 11.4 Å². The van der Waals surface area contributed by atoms with Crippen LogP contribution in [0.1, 0.15) is 11.1 Å². The van der Waals surface area contributed by atoms with Crippen LogP contribution >= 0.6 is 0 Å². The van der Waals surface area contributed by atoms with Gasteiger partial charge in [0.25, 0.3) is 5.69 Å². The number of rotatable bonds is 3. The Morgan fingerprint density at radius 2 is 1.72 bits per heavy atom. The third-order valence-corrected chi connectivity index (χ3v) is 4.38. The van der Waals surface area contributed by atoms with E-state index in [-0.39, 0.29) is 10.6 Å². The van der Waals surface area contributed by atoms with Crippen LogP contribution < -0.4 is 4.90 Å². The van der Waals surface area contributed by atoms with Gasteiger partial charge in [0.2, 0.25) is 0 Å². The van der Waals surface area contributed by atoms with Crippen LogP contribution in [-0.2, 0) is 0 Å². The van der Waals surface area contributed by atoms with Crippen LogP contribution in [0.5, 0.6) is 0 Å². The van der Waals surface area contributed by atoms with Crippen LogP contribution in [0.3, 0.4) is 0 Å². The number of aryl methyl sites for hydroxylation is 1. The van der Waals surface area contributed by atoms with Crippen molar-refractivity contribution in [3.05, 3.63) is 69.8 Å². The van der Waals surface area contributed by atoms with Crippen molar-refractivity contribution in [3.63, 3.8) is 0 Å². The van der Waals surface area contributed by atoms with E-state index in [4.69, 9.17) is 0 Å². The van der Waals surface area contributed by atoms with E-state index in [1.54, 1.807) is 12.1 Å². The molecule has 2 aromatic carbocycles. The second-order valence-corrected chi connectivity index (χ2v) is 6.18. The Morgan fingerprint density at radius 3 is 2.40 bits per heavy atom. The van der Waals surface area contributed by atoms with E-state index in [1.807, 2.05) is 24.3 Å². The number of hydrogen-bond donors (Lipinski definition) is 0. The van der Waals surface area contributed by atoms with E-state index in [9.17, 15) is 10.1 Å². The SMILES string of the molecule is Cc1ccc(C#CCN2CCN(c3ccccc3[N+](=O)[O-])CC2)cc1. The van der Waals surface area contributed by atoms with Crippen molar-refractivity contribution in [2.24, 2.45) is 0 Å². The average molecular weight is 335 g/mol. The molecule has 1 aliphatic heterocycles. The molecule has 1 fully saturated rings. The van der Waals surface area contributed by atoms with E-state index in [0.717, 1.165) is 38.3 Å². The molecule has 128 valence electrons. The van der Waals surface area contributed by atoms with Gasteiger partial charge in [-0.3, -0.25) is 15.0 Å². The lowest BCUT2D eigenvalue weighted by atomic mass is 10.1. The summed E-state index contributed by atoms with van der Waals surface area (Å²) in [5.41, 5.74) is 3.15. The van der Waals surface area contributed by atoms with Gasteiger partial charge in [-0.05, 0) is 25.1 Å². The first-order valence-electron chi connectivity index (χ1n) is 8.40. The topological polar surface area (TPSA) is 49.6 Å². The largest absolute Gasteiger partial charge is 0.363 e. The maximum Gasteiger partial charge on any atom is 0.292 e. The lowest BCUT2D eigenvalue weighted by molar-refractivity contribution is -0.384. The predicted octanol–water partition coefficient (Wildman–Crippen LogP) is 3.08. The fraction of sp³-hybridized carbons (Fsp3) is 0.300. The molecule has 0 N–H and O–H groups in total. The van der Waals surface area contributed by atoms with Crippen molar-refractivity contribution in [3.8, 4) is 11.8 Å². The Bertz CT molecular complexity index is 798. The van der Waals surface area contributed by atoms with Crippen molar-refractivity contribution >= 4 is 11.4 Å². The minimum atomic E-state index is -0.311. The van der Waals surface area contributed by atoms with Crippen LogP contribution in [0, 0.1) is 28.9 Å². The Hall–Kier alpha value is -2.84. The molecule has 2 aromatic rings. The molecule has 1 saturated heterocycles. The number of nitro benzene ring substituents is 1. The van der Waals surface area contributed by atoms with Gasteiger partial charge in [0.05, 0.1) is 11.5 Å². The van der Waals surface area contributed by atoms with Crippen molar-refractivity contribution < 1.29 is 4.92 Å². The monoisotopic (exact) mass is 335 g/mol. The summed E-state index contributed by atoms with van der Waals surface area (Å²) in [6.07, 6.45) is 0. The first kappa shape index (κ1) is 17.0. The molecule has 0 spiro atoms. The Kier molecular flexibility index (Phi) is 5.32. The van der Waals surface area contributed by atoms with Crippen molar-refractivity contribution in [1.82, 2.24) is 4.90 Å². The summed E-state index contributed by atoms with van der Waals surface area (Å²) in [6.45, 7) is 6.05. The predicted molar refractivity (Wildman–Crippen MR) is 99.8 cm³/mol. The summed E-state index contributed by atoms with van der Waals surface area (Å²) in [5.74, 6) is 6.42. The lowest BCUT2D eigenvalue weighted by Crippen LogP contribution is -2.46. The number of benzene rings is 2. The van der Waals surface area contributed by atoms with Crippen LogP contribution in [-0.4, -0.2) is 42.5 Å². The van der Waals surface area contributed by atoms with Gasteiger partial charge in [-0.25, -0.2) is 0 Å². The second-order valence-electron chi connectivity index (χ2n) is 6.18. The Labute approximate surface area is 148 Å². The minimum absolute atomic E-state index is 0.176. The zero-order valence-electron chi connectivity index (χ0n) is 14.3. The molecular formula is C20H21N3O2. The maximum atomic E-state index is 11.2. The number of nitrogens with zero attached hydrogens (tertiary/aromatic N) is 3. The first-order valence-corrected chi connectivity index (χ1v) is 8.40. The molecule has 0 radical (unpaired) electrons. The molecule has 0 atom stereocenters. The van der Waals surface area contributed by atoms with Crippen molar-refractivity contribution in [1.29, 1.82) is 0 Å². The molecule has 5 nitrogen and oxygen atoms in total. The zero-order chi connectivity index (χ0) is 17.6. The van der Waals surface area contributed by atoms with Gasteiger partial charge in [0.1, 0.15) is 5.69 Å². The van der Waals surface area contributed by atoms with E-state index in [1.165, 1.54) is 5.56 Å². The molecule has 1 heterocycles. The highest BCUT2D eigenvalue weighted by Gasteiger charge is 2.22. The maximum absolute atomic E-state index is 11.2. The molecule has 0 amide bonds. The average Bonchev–Trinajstić information content (AvgIpc) is 2.64.